The number of hydrogen-bond donors (Lipinski definition) is 0. The van der Waals surface area contributed by atoms with E-state index in [0.717, 1.165) is 38.4 Å². The number of carbonyl (C=O) groups is 1. The minimum Gasteiger partial charge on any atom is -0.356 e. The third-order valence-corrected chi connectivity index (χ3v) is 3.37. The maximum atomic E-state index is 10.5. The molecule has 84 valence electrons. The van der Waals surface area contributed by atoms with Gasteiger partial charge in [0.25, 0.3) is 0 Å². The van der Waals surface area contributed by atoms with Gasteiger partial charge in [0.2, 0.25) is 6.41 Å². The first-order valence-corrected chi connectivity index (χ1v) is 5.62. The van der Waals surface area contributed by atoms with E-state index in [1.54, 1.807) is 11.2 Å². The second-order valence-corrected chi connectivity index (χ2v) is 4.40. The Kier molecular flexibility index (Phi) is 2.23. The molecular weight excluding hydrogens is 204 g/mol. The fraction of sp³-hybridized carbons (Fsp3) is 0.545. The number of anilines is 1. The minimum absolute atomic E-state index is 0.419. The maximum Gasteiger partial charge on any atom is 0.209 e. The summed E-state index contributed by atoms with van der Waals surface area (Å²) in [7, 11) is 0. The van der Waals surface area contributed by atoms with E-state index >= 15 is 0 Å². The molecule has 0 radical (unpaired) electrons. The van der Waals surface area contributed by atoms with Crippen LogP contribution in [0.4, 0.5) is 5.82 Å². The summed E-state index contributed by atoms with van der Waals surface area (Å²) in [5.74, 6) is 1.48. The summed E-state index contributed by atoms with van der Waals surface area (Å²) >= 11 is 0. The molecule has 0 aliphatic carbocycles. The van der Waals surface area contributed by atoms with E-state index in [1.165, 1.54) is 12.0 Å². The van der Waals surface area contributed by atoms with Gasteiger partial charge in [-0.1, -0.05) is 0 Å². The van der Waals surface area contributed by atoms with E-state index in [-0.39, 0.29) is 0 Å². The van der Waals surface area contributed by atoms with Gasteiger partial charge < -0.3 is 9.80 Å². The van der Waals surface area contributed by atoms with Crippen molar-refractivity contribution in [2.45, 2.75) is 12.3 Å². The second-order valence-electron chi connectivity index (χ2n) is 4.40. The van der Waals surface area contributed by atoms with Gasteiger partial charge in [-0.2, -0.15) is 0 Å². The summed E-state index contributed by atoms with van der Waals surface area (Å²) in [6.07, 6.45) is 5.65. The van der Waals surface area contributed by atoms with Crippen LogP contribution in [0.2, 0.25) is 0 Å². The van der Waals surface area contributed by atoms with E-state index in [1.807, 2.05) is 6.20 Å². The zero-order valence-electron chi connectivity index (χ0n) is 9.04. The number of likely N-dealkylation sites (tertiary alicyclic amines) is 1. The average Bonchev–Trinajstić information content (AvgIpc) is 2.16. The van der Waals surface area contributed by atoms with Crippen LogP contribution in [0.15, 0.2) is 12.5 Å². The SMILES string of the molecule is O=CN1CC(c2cncnc2N2CCC2)C1. The normalized spacial score (nSPS) is 20.2. The minimum atomic E-state index is 0.419. The molecule has 0 saturated carbocycles. The summed E-state index contributed by atoms with van der Waals surface area (Å²) in [6.45, 7) is 3.79. The van der Waals surface area contributed by atoms with Crippen LogP contribution in [-0.4, -0.2) is 47.5 Å². The van der Waals surface area contributed by atoms with E-state index < -0.39 is 0 Å². The van der Waals surface area contributed by atoms with Crippen molar-refractivity contribution < 1.29 is 4.79 Å². The fourth-order valence-corrected chi connectivity index (χ4v) is 2.21. The summed E-state index contributed by atoms with van der Waals surface area (Å²) in [5.41, 5.74) is 1.19. The fourth-order valence-electron chi connectivity index (χ4n) is 2.21. The molecule has 0 aromatic carbocycles. The largest absolute Gasteiger partial charge is 0.356 e. The molecule has 2 fully saturated rings. The Bertz CT molecular complexity index is 399. The number of rotatable bonds is 3. The zero-order valence-corrected chi connectivity index (χ0v) is 9.04. The molecule has 1 aromatic rings. The van der Waals surface area contributed by atoms with Crippen molar-refractivity contribution in [2.24, 2.45) is 0 Å². The van der Waals surface area contributed by atoms with Gasteiger partial charge in [-0.3, -0.25) is 4.79 Å². The number of carbonyl (C=O) groups excluding carboxylic acids is 1. The van der Waals surface area contributed by atoms with Gasteiger partial charge in [-0.25, -0.2) is 9.97 Å². The predicted octanol–water partition coefficient (Wildman–Crippen LogP) is 0.242. The first kappa shape index (κ1) is 9.57. The topological polar surface area (TPSA) is 49.3 Å². The molecule has 3 heterocycles. The van der Waals surface area contributed by atoms with E-state index in [2.05, 4.69) is 14.9 Å². The Hall–Kier alpha value is -1.65. The van der Waals surface area contributed by atoms with Crippen molar-refractivity contribution in [1.82, 2.24) is 14.9 Å². The van der Waals surface area contributed by atoms with Gasteiger partial charge in [0, 0.05) is 43.9 Å². The highest BCUT2D eigenvalue weighted by Gasteiger charge is 2.31. The van der Waals surface area contributed by atoms with Gasteiger partial charge in [-0.05, 0) is 6.42 Å². The summed E-state index contributed by atoms with van der Waals surface area (Å²) < 4.78 is 0. The molecule has 0 unspecified atom stereocenters. The smallest absolute Gasteiger partial charge is 0.209 e. The Labute approximate surface area is 94.1 Å². The Balaban J connectivity index is 1.81. The number of hydrogen-bond acceptors (Lipinski definition) is 4. The zero-order chi connectivity index (χ0) is 11.0. The second kappa shape index (κ2) is 3.73. The summed E-state index contributed by atoms with van der Waals surface area (Å²) in [5, 5.41) is 0. The quantitative estimate of drug-likeness (QED) is 0.682. The molecule has 16 heavy (non-hydrogen) atoms. The standard InChI is InChI=1S/C11H14N4O/c16-8-14-5-9(6-14)10-4-12-7-13-11(10)15-2-1-3-15/h4,7-9H,1-3,5-6H2. The van der Waals surface area contributed by atoms with Crippen LogP contribution in [0.3, 0.4) is 0 Å². The van der Waals surface area contributed by atoms with Gasteiger partial charge >= 0.3 is 0 Å². The summed E-state index contributed by atoms with van der Waals surface area (Å²) in [6, 6.07) is 0. The Morgan fingerprint density at radius 3 is 2.81 bits per heavy atom. The lowest BCUT2D eigenvalue weighted by atomic mass is 9.92. The predicted molar refractivity (Wildman–Crippen MR) is 59.2 cm³/mol. The highest BCUT2D eigenvalue weighted by atomic mass is 16.1. The molecule has 2 saturated heterocycles. The maximum absolute atomic E-state index is 10.5. The molecule has 2 aliphatic rings. The first-order valence-electron chi connectivity index (χ1n) is 5.62. The molecule has 0 spiro atoms. The van der Waals surface area contributed by atoms with Gasteiger partial charge in [0.15, 0.2) is 0 Å². The molecule has 5 heteroatoms. The molecule has 1 amide bonds. The van der Waals surface area contributed by atoms with Crippen LogP contribution in [0, 0.1) is 0 Å². The molecule has 1 aromatic heterocycles. The lowest BCUT2D eigenvalue weighted by Crippen LogP contribution is -2.45. The van der Waals surface area contributed by atoms with Crippen molar-refractivity contribution >= 4 is 12.2 Å². The van der Waals surface area contributed by atoms with Crippen LogP contribution in [0.1, 0.15) is 17.9 Å². The number of aromatic nitrogens is 2. The van der Waals surface area contributed by atoms with Gasteiger partial charge in [0.05, 0.1) is 0 Å². The van der Waals surface area contributed by atoms with Crippen LogP contribution < -0.4 is 4.90 Å². The van der Waals surface area contributed by atoms with E-state index in [9.17, 15) is 4.79 Å². The molecule has 0 N–H and O–H groups in total. The molecule has 0 atom stereocenters. The van der Waals surface area contributed by atoms with Crippen molar-refractivity contribution in [3.8, 4) is 0 Å². The monoisotopic (exact) mass is 218 g/mol. The highest BCUT2D eigenvalue weighted by molar-refractivity contribution is 5.54. The average molecular weight is 218 g/mol. The summed E-state index contributed by atoms with van der Waals surface area (Å²) in [4.78, 5) is 23.0. The van der Waals surface area contributed by atoms with Gasteiger partial charge in [-0.15, -0.1) is 0 Å². The van der Waals surface area contributed by atoms with Crippen molar-refractivity contribution in [2.75, 3.05) is 31.1 Å². The number of nitrogens with zero attached hydrogens (tertiary/aromatic N) is 4. The molecule has 3 rings (SSSR count). The van der Waals surface area contributed by atoms with Gasteiger partial charge in [0.1, 0.15) is 12.1 Å². The lowest BCUT2D eigenvalue weighted by molar-refractivity contribution is -0.122. The third-order valence-electron chi connectivity index (χ3n) is 3.37. The van der Waals surface area contributed by atoms with Crippen molar-refractivity contribution in [3.05, 3.63) is 18.1 Å². The molecule has 0 bridgehead atoms. The van der Waals surface area contributed by atoms with Crippen LogP contribution >= 0.6 is 0 Å². The molecular formula is C11H14N4O. The van der Waals surface area contributed by atoms with Crippen molar-refractivity contribution in [3.63, 3.8) is 0 Å². The van der Waals surface area contributed by atoms with E-state index in [0.29, 0.717) is 5.92 Å². The number of amides is 1. The van der Waals surface area contributed by atoms with Crippen LogP contribution in [0.5, 0.6) is 0 Å². The Morgan fingerprint density at radius 2 is 2.19 bits per heavy atom. The van der Waals surface area contributed by atoms with E-state index in [4.69, 9.17) is 0 Å². The molecule has 2 aliphatic heterocycles. The highest BCUT2D eigenvalue weighted by Crippen LogP contribution is 2.32. The van der Waals surface area contributed by atoms with Crippen LogP contribution in [0.25, 0.3) is 0 Å². The molecule has 5 nitrogen and oxygen atoms in total. The Morgan fingerprint density at radius 1 is 1.38 bits per heavy atom. The van der Waals surface area contributed by atoms with Crippen molar-refractivity contribution in [1.29, 1.82) is 0 Å². The van der Waals surface area contributed by atoms with Crippen LogP contribution in [-0.2, 0) is 4.79 Å². The third kappa shape index (κ3) is 1.43. The first-order chi connectivity index (χ1) is 7.88. The lowest BCUT2D eigenvalue weighted by Gasteiger charge is -2.40.